The van der Waals surface area contributed by atoms with E-state index < -0.39 is 18.2 Å². The van der Waals surface area contributed by atoms with Crippen molar-refractivity contribution >= 4 is 11.9 Å². The number of hydrogen-bond acceptors (Lipinski definition) is 10. The van der Waals surface area contributed by atoms with Crippen molar-refractivity contribution < 1.29 is 38.7 Å². The molecule has 3 N–H and O–H groups in total. The second kappa shape index (κ2) is 10.9. The average molecular weight is 596 g/mol. The molecule has 1 amide bonds. The number of piperazine rings is 1. The number of nitrogens with zero attached hydrogens (tertiary/aromatic N) is 2. The minimum Gasteiger partial charge on any atom is -0.504 e. The summed E-state index contributed by atoms with van der Waals surface area (Å²) < 4.78 is 23.4. The van der Waals surface area contributed by atoms with Gasteiger partial charge in [-0.1, -0.05) is 19.9 Å². The van der Waals surface area contributed by atoms with E-state index >= 15 is 0 Å². The molecular formula is C32H41N3O8. The van der Waals surface area contributed by atoms with Crippen LogP contribution in [0.1, 0.15) is 72.7 Å². The Morgan fingerprint density at radius 3 is 2.51 bits per heavy atom. The Morgan fingerprint density at radius 2 is 1.84 bits per heavy atom. The van der Waals surface area contributed by atoms with Crippen molar-refractivity contribution in [2.24, 2.45) is 5.92 Å². The minimum absolute atomic E-state index is 0.0128. The topological polar surface area (TPSA) is 130 Å². The molecule has 0 spiro atoms. The fraction of sp³-hybridized carbons (Fsp3) is 0.562. The van der Waals surface area contributed by atoms with Crippen LogP contribution in [0.3, 0.4) is 0 Å². The third-order valence-corrected chi connectivity index (χ3v) is 9.43. The lowest BCUT2D eigenvalue weighted by Gasteiger charge is -2.60. The van der Waals surface area contributed by atoms with E-state index in [1.807, 2.05) is 40.8 Å². The van der Waals surface area contributed by atoms with Crippen LogP contribution in [-0.2, 0) is 22.4 Å². The molecule has 1 fully saturated rings. The summed E-state index contributed by atoms with van der Waals surface area (Å²) in [5, 5.41) is 26.8. The summed E-state index contributed by atoms with van der Waals surface area (Å²) >= 11 is 0. The molecule has 2 bridgehead atoms. The van der Waals surface area contributed by atoms with Gasteiger partial charge in [0.1, 0.15) is 12.0 Å². The summed E-state index contributed by atoms with van der Waals surface area (Å²) in [7, 11) is 3.52. The molecule has 11 heteroatoms. The third kappa shape index (κ3) is 4.60. The number of methoxy groups -OCH3 is 1. The number of phenolic OH excluding ortho intramolecular Hbond substituents is 1. The normalized spacial score (nSPS) is 25.6. The second-order valence-electron chi connectivity index (χ2n) is 12.6. The molecule has 232 valence electrons. The average Bonchev–Trinajstić information content (AvgIpc) is 3.42. The number of aromatic hydroxyl groups is 1. The lowest BCUT2D eigenvalue weighted by Crippen LogP contribution is -2.69. The number of esters is 1. The summed E-state index contributed by atoms with van der Waals surface area (Å²) in [4.78, 5) is 29.5. The molecule has 4 aliphatic heterocycles. The predicted molar refractivity (Wildman–Crippen MR) is 157 cm³/mol. The maximum atomic E-state index is 12.9. The van der Waals surface area contributed by atoms with Gasteiger partial charge in [-0.2, -0.15) is 0 Å². The third-order valence-electron chi connectivity index (χ3n) is 9.43. The number of aliphatic hydroxyl groups is 1. The number of hydrogen-bond donors (Lipinski definition) is 3. The Morgan fingerprint density at radius 1 is 1.12 bits per heavy atom. The van der Waals surface area contributed by atoms with E-state index in [9.17, 15) is 19.8 Å². The monoisotopic (exact) mass is 595 g/mol. The number of aliphatic hydroxyl groups excluding tert-OH is 1. The highest BCUT2D eigenvalue weighted by atomic mass is 16.7. The summed E-state index contributed by atoms with van der Waals surface area (Å²) in [5.41, 5.74) is 4.73. The van der Waals surface area contributed by atoms with E-state index in [0.29, 0.717) is 47.8 Å². The van der Waals surface area contributed by atoms with Gasteiger partial charge in [-0.15, -0.1) is 0 Å². The highest BCUT2D eigenvalue weighted by molar-refractivity contribution is 5.77. The molecule has 1 saturated heterocycles. The first-order chi connectivity index (χ1) is 20.4. The number of likely N-dealkylation sites (N-methyl/N-ethyl adjacent to an activating group) is 1. The Balaban J connectivity index is 1.56. The summed E-state index contributed by atoms with van der Waals surface area (Å²) in [6.45, 7) is 9.29. The van der Waals surface area contributed by atoms with E-state index in [1.54, 1.807) is 7.11 Å². The smallest absolute Gasteiger partial charge is 0.308 e. The number of carbonyl (C=O) groups excluding carboxylic acids is 2. The second-order valence-corrected chi connectivity index (χ2v) is 12.6. The Hall–Kier alpha value is -3.54. The van der Waals surface area contributed by atoms with Gasteiger partial charge in [-0.25, -0.2) is 0 Å². The molecular weight excluding hydrogens is 554 g/mol. The summed E-state index contributed by atoms with van der Waals surface area (Å²) in [6, 6.07) is 0.544. The minimum atomic E-state index is -0.902. The molecule has 2 aromatic rings. The Labute approximate surface area is 251 Å². The molecule has 6 rings (SSSR count). The Bertz CT molecular complexity index is 1490. The molecule has 0 saturated carbocycles. The predicted octanol–water partition coefficient (Wildman–Crippen LogP) is 3.03. The fourth-order valence-corrected chi connectivity index (χ4v) is 7.77. The molecule has 0 aromatic heterocycles. The summed E-state index contributed by atoms with van der Waals surface area (Å²) in [5.74, 6) is 1.60. The van der Waals surface area contributed by atoms with Crippen molar-refractivity contribution in [2.45, 2.75) is 84.3 Å². The van der Waals surface area contributed by atoms with Gasteiger partial charge < -0.3 is 34.5 Å². The van der Waals surface area contributed by atoms with Crippen LogP contribution in [0, 0.1) is 19.8 Å². The highest BCUT2D eigenvalue weighted by Crippen LogP contribution is 2.58. The molecule has 43 heavy (non-hydrogen) atoms. The first-order valence-electron chi connectivity index (χ1n) is 14.9. The van der Waals surface area contributed by atoms with Crippen LogP contribution in [0.4, 0.5) is 0 Å². The van der Waals surface area contributed by atoms with Crippen LogP contribution in [0.2, 0.25) is 0 Å². The number of nitrogens with one attached hydrogen (secondary N) is 1. The first-order valence-corrected chi connectivity index (χ1v) is 14.9. The van der Waals surface area contributed by atoms with Crippen LogP contribution in [-0.4, -0.2) is 77.7 Å². The van der Waals surface area contributed by atoms with Crippen molar-refractivity contribution in [3.05, 3.63) is 39.4 Å². The SMILES string of the molecule is COc1c(C)cc2c(c1O)[C@@H]1C3Cc4c(OC(C)=O)c(C)c5c(c4[C@H](CNC(=O)CC(C)C)N3C(O)[C@@H](C2)N1C)OCO5. The lowest BCUT2D eigenvalue weighted by atomic mass is 9.73. The zero-order chi connectivity index (χ0) is 30.9. The maximum absolute atomic E-state index is 12.9. The number of amides is 1. The molecule has 11 nitrogen and oxygen atoms in total. The Kier molecular flexibility index (Phi) is 7.46. The number of benzene rings is 2. The number of rotatable bonds is 6. The van der Waals surface area contributed by atoms with Gasteiger partial charge in [0.2, 0.25) is 12.7 Å². The zero-order valence-corrected chi connectivity index (χ0v) is 25.8. The van der Waals surface area contributed by atoms with Crippen LogP contribution in [0.15, 0.2) is 6.07 Å². The number of phenols is 1. The van der Waals surface area contributed by atoms with E-state index in [4.69, 9.17) is 18.9 Å². The van der Waals surface area contributed by atoms with Gasteiger partial charge in [0.25, 0.3) is 0 Å². The van der Waals surface area contributed by atoms with E-state index in [1.165, 1.54) is 6.92 Å². The first kappa shape index (κ1) is 29.5. The van der Waals surface area contributed by atoms with Crippen molar-refractivity contribution in [2.75, 3.05) is 27.5 Å². The van der Waals surface area contributed by atoms with Crippen LogP contribution < -0.4 is 24.3 Å². The van der Waals surface area contributed by atoms with Crippen molar-refractivity contribution in [3.8, 4) is 28.7 Å². The molecule has 5 atom stereocenters. The van der Waals surface area contributed by atoms with Gasteiger partial charge in [-0.05, 0) is 50.8 Å². The van der Waals surface area contributed by atoms with Crippen LogP contribution in [0.25, 0.3) is 0 Å². The van der Waals surface area contributed by atoms with Gasteiger partial charge in [0.15, 0.2) is 23.0 Å². The molecule has 0 aliphatic carbocycles. The van der Waals surface area contributed by atoms with Gasteiger partial charge in [-0.3, -0.25) is 19.4 Å². The number of ether oxygens (including phenoxy) is 4. The standard InChI is InChI=1S/C32H41N3O8/c1-14(2)8-23(37)33-12-22-25-19(29(43-17(5)36)16(4)30-31(25)42-13-41-30)11-20-26-24-18(9-15(3)28(40-7)27(24)38)10-21(34(26)6)32(39)35(20)22/h9,14,20-22,26,32,38-39H,8,10-13H2,1-7H3,(H,33,37)/t20?,21-,22+,26+,32?/m1/s1. The lowest BCUT2D eigenvalue weighted by molar-refractivity contribution is -0.172. The van der Waals surface area contributed by atoms with Gasteiger partial charge in [0.05, 0.1) is 25.2 Å². The summed E-state index contributed by atoms with van der Waals surface area (Å²) in [6.07, 6.45) is 0.374. The highest BCUT2D eigenvalue weighted by Gasteiger charge is 2.56. The number of fused-ring (bicyclic) bond motifs is 9. The van der Waals surface area contributed by atoms with E-state index in [-0.39, 0.29) is 49.0 Å². The molecule has 2 unspecified atom stereocenters. The molecule has 4 aliphatic rings. The molecule has 0 radical (unpaired) electrons. The molecule has 4 heterocycles. The molecule has 2 aromatic carbocycles. The van der Waals surface area contributed by atoms with Crippen molar-refractivity contribution in [1.29, 1.82) is 0 Å². The van der Waals surface area contributed by atoms with Gasteiger partial charge in [0, 0.05) is 48.2 Å². The largest absolute Gasteiger partial charge is 0.504 e. The number of aryl methyl sites for hydroxylation is 1. The van der Waals surface area contributed by atoms with Crippen LogP contribution >= 0.6 is 0 Å². The van der Waals surface area contributed by atoms with E-state index in [2.05, 4.69) is 15.1 Å². The fourth-order valence-electron chi connectivity index (χ4n) is 7.77. The van der Waals surface area contributed by atoms with Gasteiger partial charge >= 0.3 is 5.97 Å². The quantitative estimate of drug-likeness (QED) is 0.339. The zero-order valence-electron chi connectivity index (χ0n) is 25.8. The maximum Gasteiger partial charge on any atom is 0.308 e. The number of carbonyl (C=O) groups is 2. The van der Waals surface area contributed by atoms with Crippen molar-refractivity contribution in [3.63, 3.8) is 0 Å². The van der Waals surface area contributed by atoms with Crippen LogP contribution in [0.5, 0.6) is 28.7 Å². The van der Waals surface area contributed by atoms with E-state index in [0.717, 1.165) is 27.8 Å². The van der Waals surface area contributed by atoms with Crippen molar-refractivity contribution in [1.82, 2.24) is 15.1 Å².